The van der Waals surface area contributed by atoms with E-state index in [4.69, 9.17) is 10.8 Å². The maximum Gasteiger partial charge on any atom is 0.348 e. The van der Waals surface area contributed by atoms with E-state index in [0.717, 1.165) is 22.4 Å². The second-order valence-corrected chi connectivity index (χ2v) is 4.70. The number of rotatable bonds is 3. The Balaban J connectivity index is 2.62. The van der Waals surface area contributed by atoms with Crippen molar-refractivity contribution in [2.24, 2.45) is 0 Å². The van der Waals surface area contributed by atoms with E-state index in [0.29, 0.717) is 5.69 Å². The summed E-state index contributed by atoms with van der Waals surface area (Å²) in [6.45, 7) is 1.98. The van der Waals surface area contributed by atoms with Crippen molar-refractivity contribution in [2.75, 3.05) is 5.73 Å². The number of thiophene rings is 1. The van der Waals surface area contributed by atoms with E-state index in [1.165, 1.54) is 11.3 Å². The Morgan fingerprint density at radius 2 is 2.00 bits per heavy atom. The molecule has 0 aliphatic carbocycles. The first-order valence-electron chi connectivity index (χ1n) is 5.35. The standard InChI is InChI=1S/C13H13NO2S/c1-2-9-10(14)12(13(15)16)17-11(9)8-6-4-3-5-7-8/h3-7H,2,14H2,1H3,(H,15,16). The first-order chi connectivity index (χ1) is 8.15. The van der Waals surface area contributed by atoms with Crippen molar-refractivity contribution in [2.45, 2.75) is 13.3 Å². The second-order valence-electron chi connectivity index (χ2n) is 3.68. The number of hydrogen-bond donors (Lipinski definition) is 2. The maximum atomic E-state index is 11.1. The largest absolute Gasteiger partial charge is 0.477 e. The summed E-state index contributed by atoms with van der Waals surface area (Å²) in [5.41, 5.74) is 8.24. The molecule has 0 aliphatic heterocycles. The van der Waals surface area contributed by atoms with Crippen LogP contribution in [0.5, 0.6) is 0 Å². The predicted molar refractivity (Wildman–Crippen MR) is 70.5 cm³/mol. The van der Waals surface area contributed by atoms with Crippen molar-refractivity contribution in [3.63, 3.8) is 0 Å². The van der Waals surface area contributed by atoms with Crippen LogP contribution in [-0.2, 0) is 6.42 Å². The molecule has 1 heterocycles. The lowest BCUT2D eigenvalue weighted by Gasteiger charge is -2.01. The summed E-state index contributed by atoms with van der Waals surface area (Å²) in [7, 11) is 0. The highest BCUT2D eigenvalue weighted by Gasteiger charge is 2.19. The molecule has 0 fully saturated rings. The van der Waals surface area contributed by atoms with Gasteiger partial charge < -0.3 is 10.8 Å². The molecule has 0 unspecified atom stereocenters. The Kier molecular flexibility index (Phi) is 3.15. The monoisotopic (exact) mass is 247 g/mol. The number of benzene rings is 1. The molecule has 3 N–H and O–H groups in total. The number of anilines is 1. The molecule has 1 aromatic carbocycles. The van der Waals surface area contributed by atoms with Crippen LogP contribution in [0.2, 0.25) is 0 Å². The fourth-order valence-electron chi connectivity index (χ4n) is 1.81. The highest BCUT2D eigenvalue weighted by Crippen LogP contribution is 2.38. The highest BCUT2D eigenvalue weighted by atomic mass is 32.1. The zero-order valence-electron chi connectivity index (χ0n) is 9.43. The van der Waals surface area contributed by atoms with E-state index >= 15 is 0 Å². The van der Waals surface area contributed by atoms with Gasteiger partial charge in [-0.1, -0.05) is 37.3 Å². The fourth-order valence-corrected chi connectivity index (χ4v) is 2.97. The Hall–Kier alpha value is -1.81. The SMILES string of the molecule is CCc1c(-c2ccccc2)sc(C(=O)O)c1N. The lowest BCUT2D eigenvalue weighted by atomic mass is 10.1. The molecule has 0 saturated carbocycles. The third-order valence-electron chi connectivity index (χ3n) is 2.63. The molecular formula is C13H13NO2S. The molecule has 2 aromatic rings. The minimum Gasteiger partial charge on any atom is -0.477 e. The molecule has 0 amide bonds. The molecule has 17 heavy (non-hydrogen) atoms. The fraction of sp³-hybridized carbons (Fsp3) is 0.154. The normalized spacial score (nSPS) is 10.4. The van der Waals surface area contributed by atoms with Crippen LogP contribution in [0.25, 0.3) is 10.4 Å². The number of hydrogen-bond acceptors (Lipinski definition) is 3. The average Bonchev–Trinajstić information content (AvgIpc) is 2.67. The quantitative estimate of drug-likeness (QED) is 0.875. The summed E-state index contributed by atoms with van der Waals surface area (Å²) in [5, 5.41) is 9.08. The summed E-state index contributed by atoms with van der Waals surface area (Å²) in [6.07, 6.45) is 0.736. The van der Waals surface area contributed by atoms with Gasteiger partial charge in [0, 0.05) is 4.88 Å². The van der Waals surface area contributed by atoms with E-state index in [9.17, 15) is 4.79 Å². The molecule has 2 rings (SSSR count). The topological polar surface area (TPSA) is 63.3 Å². The molecule has 4 heteroatoms. The Morgan fingerprint density at radius 1 is 1.35 bits per heavy atom. The third-order valence-corrected chi connectivity index (χ3v) is 3.92. The maximum absolute atomic E-state index is 11.1. The van der Waals surface area contributed by atoms with Crippen LogP contribution in [-0.4, -0.2) is 11.1 Å². The van der Waals surface area contributed by atoms with Gasteiger partial charge in [0.1, 0.15) is 4.88 Å². The number of carbonyl (C=O) groups is 1. The van der Waals surface area contributed by atoms with E-state index < -0.39 is 5.97 Å². The minimum atomic E-state index is -0.954. The van der Waals surface area contributed by atoms with Crippen molar-refractivity contribution in [3.8, 4) is 10.4 Å². The number of nitrogens with two attached hydrogens (primary N) is 1. The molecule has 0 spiro atoms. The number of carboxylic acid groups (broad SMARTS) is 1. The molecule has 0 bridgehead atoms. The van der Waals surface area contributed by atoms with E-state index in [1.54, 1.807) is 0 Å². The molecule has 0 radical (unpaired) electrons. The zero-order chi connectivity index (χ0) is 12.4. The van der Waals surface area contributed by atoms with Crippen molar-refractivity contribution in [1.29, 1.82) is 0 Å². The Bertz CT molecular complexity index is 546. The van der Waals surface area contributed by atoms with Gasteiger partial charge in [0.15, 0.2) is 0 Å². The van der Waals surface area contributed by atoms with Crippen LogP contribution in [0, 0.1) is 0 Å². The van der Waals surface area contributed by atoms with Gasteiger partial charge in [0.25, 0.3) is 0 Å². The van der Waals surface area contributed by atoms with Crippen LogP contribution < -0.4 is 5.73 Å². The Morgan fingerprint density at radius 3 is 2.53 bits per heavy atom. The minimum absolute atomic E-state index is 0.237. The summed E-state index contributed by atoms with van der Waals surface area (Å²) < 4.78 is 0. The van der Waals surface area contributed by atoms with Gasteiger partial charge in [-0.15, -0.1) is 11.3 Å². The van der Waals surface area contributed by atoms with Gasteiger partial charge in [-0.3, -0.25) is 0 Å². The van der Waals surface area contributed by atoms with Gasteiger partial charge in [0.2, 0.25) is 0 Å². The van der Waals surface area contributed by atoms with E-state index in [2.05, 4.69) is 0 Å². The average molecular weight is 247 g/mol. The van der Waals surface area contributed by atoms with Gasteiger partial charge in [0.05, 0.1) is 5.69 Å². The van der Waals surface area contributed by atoms with E-state index in [1.807, 2.05) is 37.3 Å². The lowest BCUT2D eigenvalue weighted by molar-refractivity contribution is 0.0703. The first-order valence-corrected chi connectivity index (χ1v) is 6.16. The van der Waals surface area contributed by atoms with Gasteiger partial charge in [-0.05, 0) is 17.5 Å². The van der Waals surface area contributed by atoms with Crippen LogP contribution >= 0.6 is 11.3 Å². The molecule has 1 aromatic heterocycles. The van der Waals surface area contributed by atoms with Gasteiger partial charge >= 0.3 is 5.97 Å². The lowest BCUT2D eigenvalue weighted by Crippen LogP contribution is -1.99. The number of aromatic carboxylic acids is 1. The van der Waals surface area contributed by atoms with Crippen LogP contribution in [0.3, 0.4) is 0 Å². The molecule has 88 valence electrons. The molecule has 0 saturated heterocycles. The molecule has 0 aliphatic rings. The van der Waals surface area contributed by atoms with Crippen LogP contribution in [0.1, 0.15) is 22.2 Å². The van der Waals surface area contributed by atoms with Crippen molar-refractivity contribution < 1.29 is 9.90 Å². The highest BCUT2D eigenvalue weighted by molar-refractivity contribution is 7.18. The predicted octanol–water partition coefficient (Wildman–Crippen LogP) is 3.26. The second kappa shape index (κ2) is 4.59. The zero-order valence-corrected chi connectivity index (χ0v) is 10.3. The van der Waals surface area contributed by atoms with Crippen LogP contribution in [0.15, 0.2) is 30.3 Å². The van der Waals surface area contributed by atoms with E-state index in [-0.39, 0.29) is 4.88 Å². The van der Waals surface area contributed by atoms with Crippen molar-refractivity contribution in [1.82, 2.24) is 0 Å². The number of carboxylic acids is 1. The molecular weight excluding hydrogens is 234 g/mol. The summed E-state index contributed by atoms with van der Waals surface area (Å²) in [4.78, 5) is 12.3. The van der Waals surface area contributed by atoms with Crippen molar-refractivity contribution >= 4 is 23.0 Å². The summed E-state index contributed by atoms with van der Waals surface area (Å²) in [5.74, 6) is -0.954. The molecule has 0 atom stereocenters. The van der Waals surface area contributed by atoms with Gasteiger partial charge in [-0.25, -0.2) is 4.79 Å². The van der Waals surface area contributed by atoms with Crippen molar-refractivity contribution in [3.05, 3.63) is 40.8 Å². The Labute approximate surface area is 104 Å². The summed E-state index contributed by atoms with van der Waals surface area (Å²) >= 11 is 1.25. The van der Waals surface area contributed by atoms with Gasteiger partial charge in [-0.2, -0.15) is 0 Å². The third kappa shape index (κ3) is 2.03. The first kappa shape index (κ1) is 11.7. The smallest absolute Gasteiger partial charge is 0.348 e. The summed E-state index contributed by atoms with van der Waals surface area (Å²) in [6, 6.07) is 9.74. The molecule has 3 nitrogen and oxygen atoms in total. The van der Waals surface area contributed by atoms with Crippen LogP contribution in [0.4, 0.5) is 5.69 Å². The number of nitrogen functional groups attached to an aromatic ring is 1.